The van der Waals surface area contributed by atoms with Gasteiger partial charge >= 0.3 is 5.97 Å². The Hall–Kier alpha value is -1.26. The van der Waals surface area contributed by atoms with Crippen molar-refractivity contribution in [3.05, 3.63) is 33.8 Å². The summed E-state index contributed by atoms with van der Waals surface area (Å²) in [5, 5.41) is 3.45. The van der Waals surface area contributed by atoms with Gasteiger partial charge < -0.3 is 10.1 Å². The smallest absolute Gasteiger partial charge is 0.339 e. The molecule has 0 radical (unpaired) electrons. The first kappa shape index (κ1) is 14.2. The van der Waals surface area contributed by atoms with Crippen molar-refractivity contribution in [1.29, 1.82) is 0 Å². The average molecular weight is 302 g/mol. The van der Waals surface area contributed by atoms with Crippen molar-refractivity contribution in [1.82, 2.24) is 5.32 Å². The second kappa shape index (κ2) is 5.80. The molecule has 1 aromatic carbocycles. The normalized spacial score (nSPS) is 15.7. The Morgan fingerprint density at radius 2 is 1.84 bits per heavy atom. The predicted octanol–water partition coefficient (Wildman–Crippen LogP) is 2.82. The first-order chi connectivity index (χ1) is 8.95. The van der Waals surface area contributed by atoms with E-state index in [9.17, 15) is 9.59 Å². The molecule has 1 unspecified atom stereocenters. The fraction of sp³-hybridized carbons (Fsp3) is 0.385. The molecule has 1 amide bonds. The molecule has 1 atom stereocenters. The molecule has 4 nitrogen and oxygen atoms in total. The minimum Gasteiger partial charge on any atom is -0.449 e. The molecule has 1 fully saturated rings. The zero-order chi connectivity index (χ0) is 14.0. The summed E-state index contributed by atoms with van der Waals surface area (Å²) in [4.78, 5) is 23.5. The van der Waals surface area contributed by atoms with Crippen LogP contribution in [0, 0.1) is 0 Å². The molecule has 0 heterocycles. The summed E-state index contributed by atoms with van der Waals surface area (Å²) < 4.78 is 5.07. The summed E-state index contributed by atoms with van der Waals surface area (Å²) in [6.45, 7) is 1.53. The lowest BCUT2D eigenvalue weighted by molar-refractivity contribution is -0.129. The van der Waals surface area contributed by atoms with Crippen LogP contribution in [-0.4, -0.2) is 24.0 Å². The van der Waals surface area contributed by atoms with E-state index in [0.29, 0.717) is 10.0 Å². The van der Waals surface area contributed by atoms with E-state index >= 15 is 0 Å². The van der Waals surface area contributed by atoms with Gasteiger partial charge in [-0.05, 0) is 38.0 Å². The van der Waals surface area contributed by atoms with Crippen molar-refractivity contribution in [2.24, 2.45) is 0 Å². The molecule has 1 N–H and O–H groups in total. The minimum atomic E-state index is -0.842. The SMILES string of the molecule is CC(OC(=O)c1cc(Cl)cc(Cl)c1)C(=O)NC1CC1. The summed E-state index contributed by atoms with van der Waals surface area (Å²) in [7, 11) is 0. The van der Waals surface area contributed by atoms with Gasteiger partial charge in [0.2, 0.25) is 0 Å². The zero-order valence-electron chi connectivity index (χ0n) is 10.3. The third kappa shape index (κ3) is 4.11. The lowest BCUT2D eigenvalue weighted by Gasteiger charge is -2.13. The molecule has 102 valence electrons. The molecule has 1 aliphatic rings. The van der Waals surface area contributed by atoms with E-state index in [-0.39, 0.29) is 17.5 Å². The van der Waals surface area contributed by atoms with E-state index in [1.807, 2.05) is 0 Å². The number of ether oxygens (including phenoxy) is 1. The van der Waals surface area contributed by atoms with Gasteiger partial charge in [-0.2, -0.15) is 0 Å². The van der Waals surface area contributed by atoms with Gasteiger partial charge in [-0.3, -0.25) is 4.79 Å². The highest BCUT2D eigenvalue weighted by Gasteiger charge is 2.27. The van der Waals surface area contributed by atoms with Gasteiger partial charge in [-0.1, -0.05) is 23.2 Å². The van der Waals surface area contributed by atoms with Crippen molar-refractivity contribution in [2.45, 2.75) is 31.9 Å². The highest BCUT2D eigenvalue weighted by atomic mass is 35.5. The van der Waals surface area contributed by atoms with E-state index in [0.717, 1.165) is 12.8 Å². The Labute approximate surface area is 121 Å². The summed E-state index contributed by atoms with van der Waals surface area (Å²) in [5.74, 6) is -0.910. The number of rotatable bonds is 4. The van der Waals surface area contributed by atoms with Gasteiger partial charge in [0, 0.05) is 16.1 Å². The summed E-state index contributed by atoms with van der Waals surface area (Å²) in [5.41, 5.74) is 0.226. The molecule has 1 aromatic rings. The van der Waals surface area contributed by atoms with Gasteiger partial charge in [0.1, 0.15) is 0 Å². The first-order valence-corrected chi connectivity index (χ1v) is 6.69. The minimum absolute atomic E-state index is 0.226. The molecular weight excluding hydrogens is 289 g/mol. The van der Waals surface area contributed by atoms with Crippen LogP contribution >= 0.6 is 23.2 Å². The Morgan fingerprint density at radius 3 is 2.37 bits per heavy atom. The van der Waals surface area contributed by atoms with Crippen molar-refractivity contribution in [3.63, 3.8) is 0 Å². The molecule has 0 spiro atoms. The second-order valence-corrected chi connectivity index (χ2v) is 5.36. The van der Waals surface area contributed by atoms with Crippen molar-refractivity contribution in [2.75, 3.05) is 0 Å². The Balaban J connectivity index is 1.97. The largest absolute Gasteiger partial charge is 0.449 e. The average Bonchev–Trinajstić information content (AvgIpc) is 3.11. The first-order valence-electron chi connectivity index (χ1n) is 5.93. The lowest BCUT2D eigenvalue weighted by Crippen LogP contribution is -2.37. The molecule has 0 aromatic heterocycles. The van der Waals surface area contributed by atoms with Gasteiger partial charge in [0.05, 0.1) is 5.56 Å². The standard InChI is InChI=1S/C13H13Cl2NO3/c1-7(12(17)16-11-2-3-11)19-13(18)8-4-9(14)6-10(15)5-8/h4-7,11H,2-3H2,1H3,(H,16,17). The third-order valence-corrected chi connectivity index (χ3v) is 3.11. The Morgan fingerprint density at radius 1 is 1.26 bits per heavy atom. The number of halogens is 2. The van der Waals surface area contributed by atoms with Crippen LogP contribution in [0.15, 0.2) is 18.2 Å². The highest BCUT2D eigenvalue weighted by Crippen LogP contribution is 2.21. The summed E-state index contributed by atoms with van der Waals surface area (Å²) in [6, 6.07) is 4.64. The highest BCUT2D eigenvalue weighted by molar-refractivity contribution is 6.35. The van der Waals surface area contributed by atoms with Crippen LogP contribution in [0.3, 0.4) is 0 Å². The van der Waals surface area contributed by atoms with Crippen LogP contribution in [0.4, 0.5) is 0 Å². The molecule has 0 saturated heterocycles. The number of hydrogen-bond donors (Lipinski definition) is 1. The van der Waals surface area contributed by atoms with Crippen LogP contribution in [0.1, 0.15) is 30.1 Å². The number of nitrogens with one attached hydrogen (secondary N) is 1. The Bertz CT molecular complexity index is 494. The molecule has 0 bridgehead atoms. The molecular formula is C13H13Cl2NO3. The predicted molar refractivity (Wildman–Crippen MR) is 72.5 cm³/mol. The zero-order valence-corrected chi connectivity index (χ0v) is 11.8. The van der Waals surface area contributed by atoms with E-state index in [2.05, 4.69) is 5.32 Å². The lowest BCUT2D eigenvalue weighted by atomic mass is 10.2. The number of hydrogen-bond acceptors (Lipinski definition) is 3. The van der Waals surface area contributed by atoms with Crippen LogP contribution in [0.25, 0.3) is 0 Å². The van der Waals surface area contributed by atoms with Crippen LogP contribution in [0.2, 0.25) is 10.0 Å². The number of esters is 1. The topological polar surface area (TPSA) is 55.4 Å². The molecule has 0 aliphatic heterocycles. The molecule has 6 heteroatoms. The van der Waals surface area contributed by atoms with E-state index in [1.165, 1.54) is 25.1 Å². The fourth-order valence-electron chi connectivity index (χ4n) is 1.50. The van der Waals surface area contributed by atoms with Crippen LogP contribution in [-0.2, 0) is 9.53 Å². The molecule has 2 rings (SSSR count). The van der Waals surface area contributed by atoms with Gasteiger partial charge in [-0.15, -0.1) is 0 Å². The van der Waals surface area contributed by atoms with E-state index in [4.69, 9.17) is 27.9 Å². The van der Waals surface area contributed by atoms with Crippen LogP contribution < -0.4 is 5.32 Å². The maximum absolute atomic E-state index is 11.8. The maximum Gasteiger partial charge on any atom is 0.339 e. The van der Waals surface area contributed by atoms with Crippen LogP contribution in [0.5, 0.6) is 0 Å². The van der Waals surface area contributed by atoms with Crippen molar-refractivity contribution >= 4 is 35.1 Å². The van der Waals surface area contributed by atoms with Gasteiger partial charge in [-0.25, -0.2) is 4.79 Å². The van der Waals surface area contributed by atoms with Crippen molar-refractivity contribution in [3.8, 4) is 0 Å². The Kier molecular flexibility index (Phi) is 4.32. The number of benzene rings is 1. The quantitative estimate of drug-likeness (QED) is 0.870. The number of amides is 1. The monoisotopic (exact) mass is 301 g/mol. The fourth-order valence-corrected chi connectivity index (χ4v) is 2.03. The summed E-state index contributed by atoms with van der Waals surface area (Å²) >= 11 is 11.6. The third-order valence-electron chi connectivity index (χ3n) is 2.68. The number of carbonyl (C=O) groups excluding carboxylic acids is 2. The van der Waals surface area contributed by atoms with Gasteiger partial charge in [0.15, 0.2) is 6.10 Å². The molecule has 1 saturated carbocycles. The molecule has 19 heavy (non-hydrogen) atoms. The van der Waals surface area contributed by atoms with Crippen molar-refractivity contribution < 1.29 is 14.3 Å². The molecule has 1 aliphatic carbocycles. The van der Waals surface area contributed by atoms with Gasteiger partial charge in [0.25, 0.3) is 5.91 Å². The summed E-state index contributed by atoms with van der Waals surface area (Å²) in [6.07, 6.45) is 1.12. The number of carbonyl (C=O) groups is 2. The second-order valence-electron chi connectivity index (χ2n) is 4.49. The maximum atomic E-state index is 11.8. The van der Waals surface area contributed by atoms with E-state index in [1.54, 1.807) is 0 Å². The van der Waals surface area contributed by atoms with E-state index < -0.39 is 12.1 Å².